The van der Waals surface area contributed by atoms with Gasteiger partial charge in [-0.2, -0.15) is 0 Å². The van der Waals surface area contributed by atoms with Crippen molar-refractivity contribution in [1.82, 2.24) is 4.98 Å². The van der Waals surface area contributed by atoms with Crippen molar-refractivity contribution in [2.45, 2.75) is 13.8 Å². The van der Waals surface area contributed by atoms with Crippen LogP contribution in [-0.2, 0) is 0 Å². The van der Waals surface area contributed by atoms with Crippen LogP contribution in [0.5, 0.6) is 0 Å². The van der Waals surface area contributed by atoms with E-state index in [0.717, 1.165) is 0 Å². The molecule has 2 aromatic rings. The van der Waals surface area contributed by atoms with E-state index < -0.39 is 11.8 Å². The fraction of sp³-hybridized carbons (Fsp3) is 0.167. The van der Waals surface area contributed by atoms with E-state index in [4.69, 9.17) is 9.52 Å². The highest BCUT2D eigenvalue weighted by atomic mass is 19.1. The van der Waals surface area contributed by atoms with Crippen LogP contribution in [0.15, 0.2) is 22.6 Å². The molecule has 0 amide bonds. The molecule has 0 radical (unpaired) electrons. The Morgan fingerprint density at radius 3 is 2.59 bits per heavy atom. The van der Waals surface area contributed by atoms with Gasteiger partial charge in [0, 0.05) is 5.56 Å². The Morgan fingerprint density at radius 2 is 2.06 bits per heavy atom. The Hall–Kier alpha value is -2.17. The number of hydrogen-bond acceptors (Lipinski definition) is 3. The Balaban J connectivity index is 2.53. The molecule has 5 heteroatoms. The molecular formula is C12H10FNO3. The van der Waals surface area contributed by atoms with Gasteiger partial charge in [-0.05, 0) is 37.6 Å². The smallest absolute Gasteiger partial charge is 0.358 e. The summed E-state index contributed by atoms with van der Waals surface area (Å²) in [5.74, 6) is -1.25. The van der Waals surface area contributed by atoms with Crippen molar-refractivity contribution in [2.75, 3.05) is 0 Å². The number of carboxylic acids is 1. The zero-order chi connectivity index (χ0) is 12.6. The minimum absolute atomic E-state index is 0.113. The number of benzene rings is 1. The molecule has 1 aromatic heterocycles. The molecule has 0 bridgehead atoms. The molecule has 88 valence electrons. The predicted molar refractivity (Wildman–Crippen MR) is 58.3 cm³/mol. The highest BCUT2D eigenvalue weighted by Gasteiger charge is 2.17. The standard InChI is InChI=1S/C12H10FNO3/c1-6-3-8(5-9(13)4-6)11-14-10(12(15)16)7(2)17-11/h3-5H,1-2H3,(H,15,16). The molecule has 2 rings (SSSR count). The van der Waals surface area contributed by atoms with Gasteiger partial charge in [0.05, 0.1) is 0 Å². The molecule has 0 saturated heterocycles. The topological polar surface area (TPSA) is 63.3 Å². The van der Waals surface area contributed by atoms with Crippen molar-refractivity contribution >= 4 is 5.97 Å². The first-order chi connectivity index (χ1) is 7.97. The Kier molecular flexibility index (Phi) is 2.67. The van der Waals surface area contributed by atoms with E-state index >= 15 is 0 Å². The summed E-state index contributed by atoms with van der Waals surface area (Å²) in [5.41, 5.74) is 0.993. The van der Waals surface area contributed by atoms with Crippen molar-refractivity contribution in [3.05, 3.63) is 41.0 Å². The monoisotopic (exact) mass is 235 g/mol. The van der Waals surface area contributed by atoms with E-state index in [9.17, 15) is 9.18 Å². The number of rotatable bonds is 2. The van der Waals surface area contributed by atoms with Gasteiger partial charge in [-0.1, -0.05) is 0 Å². The zero-order valence-electron chi connectivity index (χ0n) is 9.32. The molecule has 1 heterocycles. The van der Waals surface area contributed by atoms with Gasteiger partial charge >= 0.3 is 5.97 Å². The fourth-order valence-corrected chi connectivity index (χ4v) is 1.58. The fourth-order valence-electron chi connectivity index (χ4n) is 1.58. The lowest BCUT2D eigenvalue weighted by atomic mass is 10.1. The maximum atomic E-state index is 13.2. The molecule has 0 unspecified atom stereocenters. The summed E-state index contributed by atoms with van der Waals surface area (Å²) in [6.07, 6.45) is 0. The maximum Gasteiger partial charge on any atom is 0.358 e. The van der Waals surface area contributed by atoms with Gasteiger partial charge in [-0.25, -0.2) is 14.2 Å². The molecule has 17 heavy (non-hydrogen) atoms. The number of oxazole rings is 1. The van der Waals surface area contributed by atoms with Crippen LogP contribution in [-0.4, -0.2) is 16.1 Å². The Morgan fingerprint density at radius 1 is 1.35 bits per heavy atom. The van der Waals surface area contributed by atoms with Crippen LogP contribution in [0.1, 0.15) is 21.8 Å². The first-order valence-electron chi connectivity index (χ1n) is 4.95. The molecule has 4 nitrogen and oxygen atoms in total. The summed E-state index contributed by atoms with van der Waals surface area (Å²) in [6, 6.07) is 4.31. The van der Waals surface area contributed by atoms with Gasteiger partial charge in [0.15, 0.2) is 5.69 Å². The minimum atomic E-state index is -1.16. The van der Waals surface area contributed by atoms with Gasteiger partial charge in [0.2, 0.25) is 5.89 Å². The second-order valence-electron chi connectivity index (χ2n) is 3.75. The molecule has 0 aliphatic heterocycles. The first-order valence-corrected chi connectivity index (χ1v) is 4.95. The summed E-state index contributed by atoms with van der Waals surface area (Å²) in [5, 5.41) is 8.84. The largest absolute Gasteiger partial charge is 0.476 e. The average Bonchev–Trinajstić information content (AvgIpc) is 2.59. The number of nitrogens with zero attached hydrogens (tertiary/aromatic N) is 1. The third-order valence-electron chi connectivity index (χ3n) is 2.29. The number of halogens is 1. The number of hydrogen-bond donors (Lipinski definition) is 1. The van der Waals surface area contributed by atoms with Crippen molar-refractivity contribution in [2.24, 2.45) is 0 Å². The normalized spacial score (nSPS) is 10.5. The molecule has 0 saturated carbocycles. The van der Waals surface area contributed by atoms with Gasteiger partial charge in [-0.15, -0.1) is 0 Å². The quantitative estimate of drug-likeness (QED) is 0.869. The molecule has 0 fully saturated rings. The molecule has 0 spiro atoms. The van der Waals surface area contributed by atoms with Crippen LogP contribution in [0.3, 0.4) is 0 Å². The minimum Gasteiger partial charge on any atom is -0.476 e. The van der Waals surface area contributed by atoms with Crippen LogP contribution in [0.4, 0.5) is 4.39 Å². The highest BCUT2D eigenvalue weighted by molar-refractivity contribution is 5.87. The van der Waals surface area contributed by atoms with Gasteiger partial charge in [-0.3, -0.25) is 0 Å². The van der Waals surface area contributed by atoms with Crippen LogP contribution in [0.25, 0.3) is 11.5 Å². The van der Waals surface area contributed by atoms with E-state index in [0.29, 0.717) is 11.1 Å². The summed E-state index contributed by atoms with van der Waals surface area (Å²) >= 11 is 0. The molecule has 1 N–H and O–H groups in total. The number of carbonyl (C=O) groups is 1. The van der Waals surface area contributed by atoms with Crippen LogP contribution >= 0.6 is 0 Å². The SMILES string of the molecule is Cc1cc(F)cc(-c2nc(C(=O)O)c(C)o2)c1. The second kappa shape index (κ2) is 4.01. The molecule has 1 aromatic carbocycles. The van der Waals surface area contributed by atoms with Crippen molar-refractivity contribution in [1.29, 1.82) is 0 Å². The van der Waals surface area contributed by atoms with Gasteiger partial charge < -0.3 is 9.52 Å². The van der Waals surface area contributed by atoms with Crippen LogP contribution < -0.4 is 0 Å². The van der Waals surface area contributed by atoms with Gasteiger partial charge in [0.25, 0.3) is 0 Å². The van der Waals surface area contributed by atoms with E-state index in [1.807, 2.05) is 0 Å². The average molecular weight is 235 g/mol. The van der Waals surface area contributed by atoms with E-state index in [1.54, 1.807) is 13.0 Å². The number of aryl methyl sites for hydroxylation is 2. The molecular weight excluding hydrogens is 225 g/mol. The van der Waals surface area contributed by atoms with Crippen molar-refractivity contribution in [3.63, 3.8) is 0 Å². The zero-order valence-corrected chi connectivity index (χ0v) is 9.32. The Labute approximate surface area is 96.7 Å². The first kappa shape index (κ1) is 11.3. The summed E-state index contributed by atoms with van der Waals surface area (Å²) in [4.78, 5) is 14.6. The molecule has 0 aliphatic rings. The van der Waals surface area contributed by atoms with E-state index in [-0.39, 0.29) is 17.3 Å². The second-order valence-corrected chi connectivity index (χ2v) is 3.75. The maximum absolute atomic E-state index is 13.2. The molecule has 0 atom stereocenters. The molecule has 0 aliphatic carbocycles. The van der Waals surface area contributed by atoms with Crippen molar-refractivity contribution in [3.8, 4) is 11.5 Å². The highest BCUT2D eigenvalue weighted by Crippen LogP contribution is 2.23. The summed E-state index contributed by atoms with van der Waals surface area (Å²) in [6.45, 7) is 3.24. The third kappa shape index (κ3) is 2.18. The van der Waals surface area contributed by atoms with Crippen molar-refractivity contribution < 1.29 is 18.7 Å². The summed E-state index contributed by atoms with van der Waals surface area (Å²) < 4.78 is 18.4. The lowest BCUT2D eigenvalue weighted by Gasteiger charge is -1.98. The lowest BCUT2D eigenvalue weighted by molar-refractivity contribution is 0.0689. The number of carboxylic acid groups (broad SMARTS) is 1. The van der Waals surface area contributed by atoms with Gasteiger partial charge in [0.1, 0.15) is 11.6 Å². The van der Waals surface area contributed by atoms with Crippen LogP contribution in [0.2, 0.25) is 0 Å². The third-order valence-corrected chi connectivity index (χ3v) is 2.29. The van der Waals surface area contributed by atoms with E-state index in [2.05, 4.69) is 4.98 Å². The summed E-state index contributed by atoms with van der Waals surface area (Å²) in [7, 11) is 0. The predicted octanol–water partition coefficient (Wildman–Crippen LogP) is 2.80. The lowest BCUT2D eigenvalue weighted by Crippen LogP contribution is -1.98. The van der Waals surface area contributed by atoms with E-state index in [1.165, 1.54) is 19.1 Å². The van der Waals surface area contributed by atoms with Crippen LogP contribution in [0, 0.1) is 19.7 Å². The number of aromatic carboxylic acids is 1. The Bertz CT molecular complexity index is 569. The number of aromatic nitrogens is 1.